The monoisotopic (exact) mass is 639 g/mol. The van der Waals surface area contributed by atoms with E-state index in [1.165, 1.54) is 116 Å². The van der Waals surface area contributed by atoms with E-state index in [0.29, 0.717) is 25.4 Å². The Balaban J connectivity index is 2.08. The fourth-order valence-corrected chi connectivity index (χ4v) is 6.24. The first kappa shape index (κ1) is 41.3. The molecule has 258 valence electrons. The molecule has 0 aliphatic heterocycles. The molecular formula is C38H71O5P. The van der Waals surface area contributed by atoms with Crippen molar-refractivity contribution < 1.29 is 23.0 Å². The van der Waals surface area contributed by atoms with Gasteiger partial charge >= 0.3 is 8.60 Å². The highest BCUT2D eigenvalue weighted by Gasteiger charge is 2.15. The van der Waals surface area contributed by atoms with Crippen LogP contribution in [0.25, 0.3) is 0 Å². The summed E-state index contributed by atoms with van der Waals surface area (Å²) in [6.45, 7) is 12.2. The van der Waals surface area contributed by atoms with Crippen LogP contribution in [0.3, 0.4) is 0 Å². The molecule has 5 nitrogen and oxygen atoms in total. The van der Waals surface area contributed by atoms with Crippen LogP contribution in [-0.2, 0) is 18.5 Å². The average molecular weight is 639 g/mol. The molecule has 1 aromatic carbocycles. The van der Waals surface area contributed by atoms with Crippen molar-refractivity contribution in [2.24, 2.45) is 0 Å². The lowest BCUT2D eigenvalue weighted by atomic mass is 10.1. The third kappa shape index (κ3) is 27.6. The molecule has 0 aliphatic carbocycles. The lowest BCUT2D eigenvalue weighted by Gasteiger charge is -2.17. The van der Waals surface area contributed by atoms with Crippen molar-refractivity contribution in [3.8, 4) is 5.75 Å². The molecule has 6 heteroatoms. The predicted molar refractivity (Wildman–Crippen MR) is 190 cm³/mol. The second kappa shape index (κ2) is 32.2. The Kier molecular flexibility index (Phi) is 30.3. The molecule has 0 aromatic heterocycles. The smallest absolute Gasteiger partial charge is 0.397 e. The summed E-state index contributed by atoms with van der Waals surface area (Å²) in [4.78, 5) is 0. The summed E-state index contributed by atoms with van der Waals surface area (Å²) >= 11 is 0. The van der Waals surface area contributed by atoms with E-state index in [1.807, 2.05) is 30.3 Å². The van der Waals surface area contributed by atoms with E-state index in [1.54, 1.807) is 0 Å². The zero-order valence-corrected chi connectivity index (χ0v) is 30.3. The molecule has 0 saturated carbocycles. The minimum atomic E-state index is -1.37. The number of benzene rings is 1. The predicted octanol–water partition coefficient (Wildman–Crippen LogP) is 12.8. The molecule has 0 fully saturated rings. The third-order valence-electron chi connectivity index (χ3n) is 8.13. The van der Waals surface area contributed by atoms with Crippen LogP contribution >= 0.6 is 8.60 Å². The third-order valence-corrected chi connectivity index (χ3v) is 9.27. The first-order valence-corrected chi connectivity index (χ1v) is 19.8. The van der Waals surface area contributed by atoms with E-state index in [-0.39, 0.29) is 0 Å². The number of para-hydroxylation sites is 1. The number of hydrogen-bond acceptors (Lipinski definition) is 5. The Morgan fingerprint density at radius 2 is 0.864 bits per heavy atom. The van der Waals surface area contributed by atoms with Crippen LogP contribution in [0, 0.1) is 0 Å². The molecule has 44 heavy (non-hydrogen) atoms. The van der Waals surface area contributed by atoms with E-state index >= 15 is 0 Å². The highest BCUT2D eigenvalue weighted by molar-refractivity contribution is 7.42. The fourth-order valence-electron chi connectivity index (χ4n) is 5.21. The summed E-state index contributed by atoms with van der Waals surface area (Å²) in [5.74, 6) is 0.809. The van der Waals surface area contributed by atoms with Gasteiger partial charge in [-0.15, -0.1) is 0 Å². The van der Waals surface area contributed by atoms with Gasteiger partial charge in [-0.05, 0) is 64.5 Å². The molecule has 0 heterocycles. The fraction of sp³-hybridized carbons (Fsp3) is 0.842. The van der Waals surface area contributed by atoms with Gasteiger partial charge in [0, 0.05) is 13.2 Å². The van der Waals surface area contributed by atoms with Gasteiger partial charge in [0.2, 0.25) is 0 Å². The first-order valence-electron chi connectivity index (χ1n) is 18.7. The van der Waals surface area contributed by atoms with E-state index in [9.17, 15) is 0 Å². The SMILES string of the molecule is CCCCCCCCOC(C)CCCCCCOP(OCCCCCCC(C)OCCCCCCCC)Oc1ccccc1. The quantitative estimate of drug-likeness (QED) is 0.0555. The maximum Gasteiger partial charge on any atom is 0.397 e. The zero-order valence-electron chi connectivity index (χ0n) is 29.4. The van der Waals surface area contributed by atoms with Crippen molar-refractivity contribution in [2.45, 2.75) is 181 Å². The molecule has 0 radical (unpaired) electrons. The Hall–Kier alpha value is -0.710. The van der Waals surface area contributed by atoms with Gasteiger partial charge < -0.3 is 23.0 Å². The summed E-state index contributed by atoms with van der Waals surface area (Å²) in [5, 5.41) is 0. The second-order valence-corrected chi connectivity index (χ2v) is 13.7. The van der Waals surface area contributed by atoms with Gasteiger partial charge in [0.1, 0.15) is 5.75 Å². The first-order chi connectivity index (χ1) is 21.7. The lowest BCUT2D eigenvalue weighted by Crippen LogP contribution is -2.09. The normalized spacial score (nSPS) is 13.6. The van der Waals surface area contributed by atoms with Crippen molar-refractivity contribution in [3.63, 3.8) is 0 Å². The van der Waals surface area contributed by atoms with Crippen molar-refractivity contribution in [3.05, 3.63) is 30.3 Å². The molecule has 1 aromatic rings. The Labute approximate surface area is 274 Å². The zero-order chi connectivity index (χ0) is 31.8. The summed E-state index contributed by atoms with van der Waals surface area (Å²) in [5.41, 5.74) is 0. The Morgan fingerprint density at radius 3 is 1.32 bits per heavy atom. The molecule has 1 rings (SSSR count). The molecule has 0 spiro atoms. The molecule has 2 atom stereocenters. The number of hydrogen-bond donors (Lipinski definition) is 0. The summed E-state index contributed by atoms with van der Waals surface area (Å²) < 4.78 is 30.3. The molecule has 0 aliphatic rings. The van der Waals surface area contributed by atoms with Gasteiger partial charge in [-0.3, -0.25) is 0 Å². The van der Waals surface area contributed by atoms with E-state index in [0.717, 1.165) is 44.6 Å². The van der Waals surface area contributed by atoms with Crippen LogP contribution in [0.5, 0.6) is 5.75 Å². The van der Waals surface area contributed by atoms with Gasteiger partial charge in [-0.2, -0.15) is 0 Å². The van der Waals surface area contributed by atoms with Crippen LogP contribution in [0.1, 0.15) is 169 Å². The minimum Gasteiger partial charge on any atom is -0.427 e. The standard InChI is InChI=1S/C38H71O5P/c1-5-7-9-11-15-24-32-39-36(3)28-20-13-17-26-34-41-44(43-38-30-22-19-23-31-38)42-35-27-18-14-21-29-37(4)40-33-25-16-12-10-8-6-2/h19,22-23,30-31,36-37H,5-18,20-21,24-29,32-35H2,1-4H3. The Bertz CT molecular complexity index is 653. The maximum absolute atomic E-state index is 6.09. The summed E-state index contributed by atoms with van der Waals surface area (Å²) in [6.07, 6.45) is 28.1. The van der Waals surface area contributed by atoms with Crippen LogP contribution in [0.15, 0.2) is 30.3 Å². The van der Waals surface area contributed by atoms with Crippen LogP contribution in [-0.4, -0.2) is 38.6 Å². The molecule has 0 N–H and O–H groups in total. The lowest BCUT2D eigenvalue weighted by molar-refractivity contribution is 0.0555. The summed E-state index contributed by atoms with van der Waals surface area (Å²) in [7, 11) is -1.37. The molecule has 2 unspecified atom stereocenters. The van der Waals surface area contributed by atoms with E-state index in [4.69, 9.17) is 23.0 Å². The highest BCUT2D eigenvalue weighted by atomic mass is 31.2. The number of rotatable bonds is 34. The maximum atomic E-state index is 6.09. The Morgan fingerprint density at radius 1 is 0.477 bits per heavy atom. The van der Waals surface area contributed by atoms with Gasteiger partial charge in [-0.25, -0.2) is 0 Å². The van der Waals surface area contributed by atoms with Gasteiger partial charge in [0.25, 0.3) is 0 Å². The number of ether oxygens (including phenoxy) is 2. The van der Waals surface area contributed by atoms with Crippen LogP contribution in [0.2, 0.25) is 0 Å². The largest absolute Gasteiger partial charge is 0.427 e. The second-order valence-electron chi connectivity index (χ2n) is 12.6. The van der Waals surface area contributed by atoms with E-state index in [2.05, 4.69) is 27.7 Å². The average Bonchev–Trinajstić information content (AvgIpc) is 3.03. The number of unbranched alkanes of at least 4 members (excludes halogenated alkanes) is 16. The topological polar surface area (TPSA) is 46.2 Å². The van der Waals surface area contributed by atoms with Crippen LogP contribution in [0.4, 0.5) is 0 Å². The van der Waals surface area contributed by atoms with Gasteiger partial charge in [0.15, 0.2) is 0 Å². The highest BCUT2D eigenvalue weighted by Crippen LogP contribution is 2.41. The van der Waals surface area contributed by atoms with Crippen molar-refractivity contribution in [1.82, 2.24) is 0 Å². The van der Waals surface area contributed by atoms with E-state index < -0.39 is 8.60 Å². The van der Waals surface area contributed by atoms with Crippen molar-refractivity contribution >= 4 is 8.60 Å². The molecule has 0 amide bonds. The molecule has 0 bridgehead atoms. The minimum absolute atomic E-state index is 0.369. The molecule has 0 saturated heterocycles. The summed E-state index contributed by atoms with van der Waals surface area (Å²) in [6, 6.07) is 9.90. The van der Waals surface area contributed by atoms with Gasteiger partial charge in [-0.1, -0.05) is 135 Å². The van der Waals surface area contributed by atoms with Crippen molar-refractivity contribution in [2.75, 3.05) is 26.4 Å². The van der Waals surface area contributed by atoms with Crippen LogP contribution < -0.4 is 4.52 Å². The molecular weight excluding hydrogens is 567 g/mol. The van der Waals surface area contributed by atoms with Crippen molar-refractivity contribution in [1.29, 1.82) is 0 Å². The van der Waals surface area contributed by atoms with Gasteiger partial charge in [0.05, 0.1) is 25.4 Å².